The highest BCUT2D eigenvalue weighted by molar-refractivity contribution is 6.21. The fraction of sp³-hybridized carbons (Fsp3) is 0.440. The van der Waals surface area contributed by atoms with Crippen molar-refractivity contribution in [2.24, 2.45) is 0 Å². The maximum absolute atomic E-state index is 13.0. The minimum absolute atomic E-state index is 0.0431. The van der Waals surface area contributed by atoms with Gasteiger partial charge >= 0.3 is 6.18 Å². The number of carbonyl (C=O) groups excluding carboxylic acids is 2. The average molecular weight is 444 g/mol. The Balaban J connectivity index is 1.52. The zero-order valence-electron chi connectivity index (χ0n) is 18.3. The third kappa shape index (κ3) is 4.18. The predicted octanol–water partition coefficient (Wildman–Crippen LogP) is 5.09. The van der Waals surface area contributed by atoms with Gasteiger partial charge in [0.15, 0.2) is 0 Å². The van der Waals surface area contributed by atoms with Crippen LogP contribution in [-0.2, 0) is 25.6 Å². The van der Waals surface area contributed by atoms with Crippen molar-refractivity contribution in [3.63, 3.8) is 0 Å². The lowest BCUT2D eigenvalue weighted by molar-refractivity contribution is -0.137. The van der Waals surface area contributed by atoms with Crippen LogP contribution in [0.15, 0.2) is 36.4 Å². The van der Waals surface area contributed by atoms with Crippen LogP contribution in [0.25, 0.3) is 0 Å². The molecule has 0 spiro atoms. The SMILES string of the molecule is CCCN(CCC)C1Cc2cc3c(cc2C1)C(=O)N(Cc1ccc(C(F)(F)F)cc1)C3=O. The van der Waals surface area contributed by atoms with Crippen LogP contribution in [0.3, 0.4) is 0 Å². The molecule has 0 fully saturated rings. The Morgan fingerprint density at radius 3 is 1.84 bits per heavy atom. The number of alkyl halides is 3. The van der Waals surface area contributed by atoms with Gasteiger partial charge in [-0.05, 0) is 79.7 Å². The minimum atomic E-state index is -4.42. The summed E-state index contributed by atoms with van der Waals surface area (Å²) in [5, 5.41) is 0. The normalized spacial score (nSPS) is 16.2. The number of imide groups is 1. The van der Waals surface area contributed by atoms with E-state index in [0.29, 0.717) is 22.7 Å². The Morgan fingerprint density at radius 1 is 0.906 bits per heavy atom. The summed E-state index contributed by atoms with van der Waals surface area (Å²) in [6, 6.07) is 8.67. The maximum atomic E-state index is 13.0. The number of benzene rings is 2. The molecule has 0 N–H and O–H groups in total. The molecule has 0 atom stereocenters. The second kappa shape index (κ2) is 8.70. The van der Waals surface area contributed by atoms with Crippen LogP contribution in [0.4, 0.5) is 13.2 Å². The first kappa shape index (κ1) is 22.5. The summed E-state index contributed by atoms with van der Waals surface area (Å²) >= 11 is 0. The summed E-state index contributed by atoms with van der Waals surface area (Å²) in [6.45, 7) is 6.36. The van der Waals surface area contributed by atoms with Gasteiger partial charge in [0.05, 0.1) is 23.2 Å². The molecule has 0 saturated carbocycles. The van der Waals surface area contributed by atoms with Crippen molar-refractivity contribution in [1.82, 2.24) is 9.80 Å². The molecule has 2 aromatic carbocycles. The highest BCUT2D eigenvalue weighted by atomic mass is 19.4. The van der Waals surface area contributed by atoms with Gasteiger partial charge in [-0.3, -0.25) is 19.4 Å². The molecule has 1 aliphatic heterocycles. The van der Waals surface area contributed by atoms with Gasteiger partial charge in [0, 0.05) is 6.04 Å². The van der Waals surface area contributed by atoms with E-state index in [1.54, 1.807) is 0 Å². The topological polar surface area (TPSA) is 40.6 Å². The van der Waals surface area contributed by atoms with Gasteiger partial charge in [-0.2, -0.15) is 13.2 Å². The number of hydrogen-bond donors (Lipinski definition) is 0. The smallest absolute Gasteiger partial charge is 0.300 e. The van der Waals surface area contributed by atoms with Crippen LogP contribution in [0.2, 0.25) is 0 Å². The molecule has 2 aliphatic rings. The standard InChI is InChI=1S/C25H27F3N2O2/c1-3-9-29(10-4-2)20-11-17-13-21-22(14-18(17)12-20)24(32)30(23(21)31)15-16-5-7-19(8-6-16)25(26,27)28/h5-8,13-14,20H,3-4,9-12,15H2,1-2H3. The monoisotopic (exact) mass is 444 g/mol. The second-order valence-electron chi connectivity index (χ2n) is 8.66. The number of hydrogen-bond acceptors (Lipinski definition) is 3. The molecule has 7 heteroatoms. The molecule has 170 valence electrons. The van der Waals surface area contributed by atoms with Crippen molar-refractivity contribution in [3.8, 4) is 0 Å². The Labute approximate surface area is 186 Å². The van der Waals surface area contributed by atoms with E-state index < -0.39 is 11.7 Å². The highest BCUT2D eigenvalue weighted by Crippen LogP contribution is 2.34. The molecule has 0 aromatic heterocycles. The molecule has 4 nitrogen and oxygen atoms in total. The first-order valence-electron chi connectivity index (χ1n) is 11.1. The summed E-state index contributed by atoms with van der Waals surface area (Å²) in [4.78, 5) is 29.6. The molecule has 4 rings (SSSR count). The van der Waals surface area contributed by atoms with Gasteiger partial charge in [-0.25, -0.2) is 0 Å². The molecule has 2 amide bonds. The highest BCUT2D eigenvalue weighted by Gasteiger charge is 2.38. The fourth-order valence-electron chi connectivity index (χ4n) is 4.82. The van der Waals surface area contributed by atoms with E-state index in [0.717, 1.165) is 66.9 Å². The van der Waals surface area contributed by atoms with E-state index in [1.165, 1.54) is 12.1 Å². The van der Waals surface area contributed by atoms with Crippen molar-refractivity contribution in [3.05, 3.63) is 69.8 Å². The molecule has 0 unspecified atom stereocenters. The van der Waals surface area contributed by atoms with Gasteiger partial charge in [-0.15, -0.1) is 0 Å². The van der Waals surface area contributed by atoms with Crippen molar-refractivity contribution >= 4 is 11.8 Å². The fourth-order valence-corrected chi connectivity index (χ4v) is 4.82. The minimum Gasteiger partial charge on any atom is -0.300 e. The Kier molecular flexibility index (Phi) is 6.12. The van der Waals surface area contributed by atoms with Gasteiger partial charge in [0.25, 0.3) is 11.8 Å². The van der Waals surface area contributed by atoms with Gasteiger partial charge in [0.2, 0.25) is 0 Å². The average Bonchev–Trinajstić information content (AvgIpc) is 3.26. The summed E-state index contributed by atoms with van der Waals surface area (Å²) in [5.74, 6) is -0.759. The lowest BCUT2D eigenvalue weighted by atomic mass is 10.0. The number of rotatable bonds is 7. The van der Waals surface area contributed by atoms with Crippen molar-refractivity contribution < 1.29 is 22.8 Å². The lowest BCUT2D eigenvalue weighted by Crippen LogP contribution is -2.37. The number of amides is 2. The lowest BCUT2D eigenvalue weighted by Gasteiger charge is -2.27. The van der Waals surface area contributed by atoms with Crippen LogP contribution < -0.4 is 0 Å². The quantitative estimate of drug-likeness (QED) is 0.559. The van der Waals surface area contributed by atoms with Crippen LogP contribution >= 0.6 is 0 Å². The molecular formula is C25H27F3N2O2. The molecule has 0 radical (unpaired) electrons. The third-order valence-corrected chi connectivity index (χ3v) is 6.36. The zero-order valence-corrected chi connectivity index (χ0v) is 18.3. The number of fused-ring (bicyclic) bond motifs is 2. The van der Waals surface area contributed by atoms with Crippen LogP contribution in [0.1, 0.15) is 69.7 Å². The van der Waals surface area contributed by atoms with Crippen molar-refractivity contribution in [1.29, 1.82) is 0 Å². The molecule has 1 heterocycles. The van der Waals surface area contributed by atoms with E-state index in [4.69, 9.17) is 0 Å². The van der Waals surface area contributed by atoms with Crippen LogP contribution in [0, 0.1) is 0 Å². The molecular weight excluding hydrogens is 417 g/mol. The Hall–Kier alpha value is -2.67. The Bertz CT molecular complexity index is 980. The molecule has 0 bridgehead atoms. The van der Waals surface area contributed by atoms with Crippen molar-refractivity contribution in [2.45, 2.75) is 58.3 Å². The van der Waals surface area contributed by atoms with Crippen molar-refractivity contribution in [2.75, 3.05) is 13.1 Å². The molecule has 2 aromatic rings. The van der Waals surface area contributed by atoms with E-state index in [2.05, 4.69) is 18.7 Å². The summed E-state index contributed by atoms with van der Waals surface area (Å²) in [5.41, 5.74) is 2.76. The predicted molar refractivity (Wildman–Crippen MR) is 115 cm³/mol. The first-order valence-corrected chi connectivity index (χ1v) is 11.1. The molecule has 0 saturated heterocycles. The Morgan fingerprint density at radius 2 is 1.41 bits per heavy atom. The van der Waals surface area contributed by atoms with E-state index >= 15 is 0 Å². The number of nitrogens with zero attached hydrogens (tertiary/aromatic N) is 2. The van der Waals surface area contributed by atoms with Gasteiger partial charge in [-0.1, -0.05) is 26.0 Å². The second-order valence-corrected chi connectivity index (χ2v) is 8.66. The maximum Gasteiger partial charge on any atom is 0.416 e. The van der Waals surface area contributed by atoms with E-state index in [9.17, 15) is 22.8 Å². The summed E-state index contributed by atoms with van der Waals surface area (Å²) in [6.07, 6.45) is -0.527. The molecule has 32 heavy (non-hydrogen) atoms. The van der Waals surface area contributed by atoms with Gasteiger partial charge in [0.1, 0.15) is 0 Å². The van der Waals surface area contributed by atoms with Crippen LogP contribution in [-0.4, -0.2) is 40.7 Å². The first-order chi connectivity index (χ1) is 15.2. The van der Waals surface area contributed by atoms with Gasteiger partial charge < -0.3 is 0 Å². The number of halogens is 3. The summed E-state index contributed by atoms with van der Waals surface area (Å²) in [7, 11) is 0. The molecule has 1 aliphatic carbocycles. The largest absolute Gasteiger partial charge is 0.416 e. The van der Waals surface area contributed by atoms with E-state index in [1.807, 2.05) is 12.1 Å². The van der Waals surface area contributed by atoms with Crippen LogP contribution in [0.5, 0.6) is 0 Å². The van der Waals surface area contributed by atoms with E-state index in [-0.39, 0.29) is 18.4 Å². The number of carbonyl (C=O) groups is 2. The zero-order chi connectivity index (χ0) is 23.0. The summed E-state index contributed by atoms with van der Waals surface area (Å²) < 4.78 is 38.4. The third-order valence-electron chi connectivity index (χ3n) is 6.36.